The van der Waals surface area contributed by atoms with E-state index < -0.39 is 0 Å². The van der Waals surface area contributed by atoms with Gasteiger partial charge in [-0.1, -0.05) is 0 Å². The third-order valence-corrected chi connectivity index (χ3v) is 4.46. The van der Waals surface area contributed by atoms with Crippen LogP contribution in [0.1, 0.15) is 46.1 Å². The maximum atomic E-state index is 12.6. The zero-order valence-corrected chi connectivity index (χ0v) is 12.0. The molecule has 0 bridgehead atoms. The maximum Gasteiger partial charge on any atom is 0.262 e. The molecule has 0 atom stereocenters. The summed E-state index contributed by atoms with van der Waals surface area (Å²) >= 11 is 1.17. The fourth-order valence-electron chi connectivity index (χ4n) is 2.15. The van der Waals surface area contributed by atoms with Crippen LogP contribution in [0.15, 0.2) is 16.7 Å². The molecular formula is C14H13N3O2S. The Morgan fingerprint density at radius 3 is 3.00 bits per heavy atom. The molecule has 0 N–H and O–H groups in total. The highest BCUT2D eigenvalue weighted by atomic mass is 32.1. The van der Waals surface area contributed by atoms with Gasteiger partial charge in [0.05, 0.1) is 17.5 Å². The van der Waals surface area contributed by atoms with Gasteiger partial charge in [-0.2, -0.15) is 9.64 Å². The highest BCUT2D eigenvalue weighted by molar-refractivity contribution is 7.10. The molecule has 1 amide bonds. The minimum Gasteiger partial charge on any atom is -0.468 e. The van der Waals surface area contributed by atoms with Crippen molar-refractivity contribution < 1.29 is 9.21 Å². The van der Waals surface area contributed by atoms with Crippen molar-refractivity contribution >= 4 is 22.4 Å². The van der Waals surface area contributed by atoms with E-state index in [0.29, 0.717) is 27.7 Å². The van der Waals surface area contributed by atoms with Crippen molar-refractivity contribution in [3.63, 3.8) is 0 Å². The van der Waals surface area contributed by atoms with E-state index in [1.165, 1.54) is 16.4 Å². The minimum atomic E-state index is -0.152. The van der Waals surface area contributed by atoms with Crippen molar-refractivity contribution in [1.82, 2.24) is 4.37 Å². The molecule has 2 heterocycles. The Morgan fingerprint density at radius 1 is 1.60 bits per heavy atom. The number of aryl methyl sites for hydroxylation is 1. The highest BCUT2D eigenvalue weighted by Crippen LogP contribution is 2.42. The summed E-state index contributed by atoms with van der Waals surface area (Å²) in [5.41, 5.74) is 1.70. The molecule has 0 saturated heterocycles. The van der Waals surface area contributed by atoms with E-state index in [-0.39, 0.29) is 5.91 Å². The van der Waals surface area contributed by atoms with Gasteiger partial charge in [-0.15, -0.1) is 0 Å². The molecule has 102 valence electrons. The molecule has 1 aliphatic rings. The van der Waals surface area contributed by atoms with E-state index in [4.69, 9.17) is 9.68 Å². The fraction of sp³-hybridized carbons (Fsp3) is 0.357. The van der Waals surface area contributed by atoms with Crippen LogP contribution in [0.4, 0.5) is 5.00 Å². The van der Waals surface area contributed by atoms with Crippen molar-refractivity contribution in [1.29, 1.82) is 5.26 Å². The Hall–Kier alpha value is -2.13. The van der Waals surface area contributed by atoms with E-state index in [1.807, 2.05) is 0 Å². The van der Waals surface area contributed by atoms with Crippen LogP contribution in [0.5, 0.6) is 0 Å². The lowest BCUT2D eigenvalue weighted by molar-refractivity contribution is 0.0991. The molecule has 0 unspecified atom stereocenters. The van der Waals surface area contributed by atoms with Crippen LogP contribution >= 0.6 is 11.5 Å². The van der Waals surface area contributed by atoms with Gasteiger partial charge in [0, 0.05) is 13.0 Å². The molecule has 0 aliphatic heterocycles. The number of amides is 1. The summed E-state index contributed by atoms with van der Waals surface area (Å²) in [7, 11) is 1.67. The van der Waals surface area contributed by atoms with Crippen LogP contribution in [-0.2, 0) is 0 Å². The molecule has 5 nitrogen and oxygen atoms in total. The van der Waals surface area contributed by atoms with Crippen molar-refractivity contribution in [3.8, 4) is 6.07 Å². The van der Waals surface area contributed by atoms with E-state index in [9.17, 15) is 4.79 Å². The SMILES string of the molecule is Cc1nsc(N(C)C(=O)c2ccoc2C2CC2)c1C#N. The van der Waals surface area contributed by atoms with E-state index in [1.54, 1.807) is 26.3 Å². The zero-order chi connectivity index (χ0) is 14.3. The van der Waals surface area contributed by atoms with Gasteiger partial charge in [0.1, 0.15) is 22.4 Å². The molecule has 0 radical (unpaired) electrons. The van der Waals surface area contributed by atoms with Crippen molar-refractivity contribution in [3.05, 3.63) is 34.9 Å². The lowest BCUT2D eigenvalue weighted by Crippen LogP contribution is -2.26. The number of nitrogens with zero attached hydrogens (tertiary/aromatic N) is 3. The smallest absolute Gasteiger partial charge is 0.262 e. The Bertz CT molecular complexity index is 706. The largest absolute Gasteiger partial charge is 0.468 e. The molecule has 0 spiro atoms. The van der Waals surface area contributed by atoms with Gasteiger partial charge >= 0.3 is 0 Å². The van der Waals surface area contributed by atoms with Crippen LogP contribution < -0.4 is 4.90 Å². The minimum absolute atomic E-state index is 0.152. The van der Waals surface area contributed by atoms with Gasteiger partial charge in [0.25, 0.3) is 5.91 Å². The summed E-state index contributed by atoms with van der Waals surface area (Å²) in [6.45, 7) is 1.77. The monoisotopic (exact) mass is 287 g/mol. The van der Waals surface area contributed by atoms with Gasteiger partial charge in [-0.25, -0.2) is 0 Å². The summed E-state index contributed by atoms with van der Waals surface area (Å²) in [5.74, 6) is 0.985. The molecule has 1 aliphatic carbocycles. The standard InChI is InChI=1S/C14H13N3O2S/c1-8-11(7-15)14(20-16-8)17(2)13(18)10-5-6-19-12(10)9-3-4-9/h5-6,9H,3-4H2,1-2H3. The summed E-state index contributed by atoms with van der Waals surface area (Å²) in [6.07, 6.45) is 3.69. The molecular weight excluding hydrogens is 274 g/mol. The first-order valence-electron chi connectivity index (χ1n) is 6.35. The molecule has 2 aromatic rings. The number of furan rings is 1. The van der Waals surface area contributed by atoms with Gasteiger partial charge in [0.15, 0.2) is 0 Å². The first-order valence-corrected chi connectivity index (χ1v) is 7.12. The highest BCUT2D eigenvalue weighted by Gasteiger charge is 2.33. The summed E-state index contributed by atoms with van der Waals surface area (Å²) in [5, 5.41) is 9.74. The second kappa shape index (κ2) is 4.76. The van der Waals surface area contributed by atoms with Gasteiger partial charge in [-0.3, -0.25) is 4.79 Å². The van der Waals surface area contributed by atoms with Gasteiger partial charge < -0.3 is 9.32 Å². The number of hydrogen-bond donors (Lipinski definition) is 0. The third kappa shape index (κ3) is 2.00. The van der Waals surface area contributed by atoms with E-state index >= 15 is 0 Å². The number of aromatic nitrogens is 1. The van der Waals surface area contributed by atoms with Crippen molar-refractivity contribution in [2.45, 2.75) is 25.7 Å². The third-order valence-electron chi connectivity index (χ3n) is 3.44. The lowest BCUT2D eigenvalue weighted by Gasteiger charge is -2.15. The van der Waals surface area contributed by atoms with E-state index in [0.717, 1.165) is 18.6 Å². The predicted molar refractivity (Wildman–Crippen MR) is 75.0 cm³/mol. The molecule has 20 heavy (non-hydrogen) atoms. The van der Waals surface area contributed by atoms with Crippen LogP contribution in [0.25, 0.3) is 0 Å². The van der Waals surface area contributed by atoms with Gasteiger partial charge in [-0.05, 0) is 37.4 Å². The maximum absolute atomic E-state index is 12.6. The Morgan fingerprint density at radius 2 is 2.35 bits per heavy atom. The fourth-order valence-corrected chi connectivity index (χ4v) is 2.95. The number of carbonyl (C=O) groups is 1. The molecule has 1 fully saturated rings. The normalized spacial score (nSPS) is 14.1. The zero-order valence-electron chi connectivity index (χ0n) is 11.2. The number of anilines is 1. The molecule has 6 heteroatoms. The van der Waals surface area contributed by atoms with Crippen molar-refractivity contribution in [2.75, 3.05) is 11.9 Å². The Balaban J connectivity index is 1.93. The topological polar surface area (TPSA) is 70.1 Å². The van der Waals surface area contributed by atoms with Gasteiger partial charge in [0.2, 0.25) is 0 Å². The second-order valence-corrected chi connectivity index (χ2v) is 5.65. The molecule has 1 saturated carbocycles. The van der Waals surface area contributed by atoms with Crippen molar-refractivity contribution in [2.24, 2.45) is 0 Å². The Labute approximate surface area is 120 Å². The van der Waals surface area contributed by atoms with Crippen LogP contribution in [0, 0.1) is 18.3 Å². The number of nitriles is 1. The van der Waals surface area contributed by atoms with Crippen LogP contribution in [0.3, 0.4) is 0 Å². The van der Waals surface area contributed by atoms with Crippen LogP contribution in [-0.4, -0.2) is 17.3 Å². The number of rotatable bonds is 3. The second-order valence-electron chi connectivity index (χ2n) is 4.90. The lowest BCUT2D eigenvalue weighted by atomic mass is 10.1. The quantitative estimate of drug-likeness (QED) is 0.869. The number of carbonyl (C=O) groups excluding carboxylic acids is 1. The number of hydrogen-bond acceptors (Lipinski definition) is 5. The van der Waals surface area contributed by atoms with Crippen LogP contribution in [0.2, 0.25) is 0 Å². The first-order chi connectivity index (χ1) is 9.63. The Kier molecular flexibility index (Phi) is 3.07. The molecule has 2 aromatic heterocycles. The average Bonchev–Trinajstić information content (AvgIpc) is 3.05. The predicted octanol–water partition coefficient (Wildman–Crippen LogP) is 3.07. The van der Waals surface area contributed by atoms with E-state index in [2.05, 4.69) is 10.4 Å². The summed E-state index contributed by atoms with van der Waals surface area (Å²) < 4.78 is 9.58. The first kappa shape index (κ1) is 12.9. The molecule has 3 rings (SSSR count). The average molecular weight is 287 g/mol. The summed E-state index contributed by atoms with van der Waals surface area (Å²) in [6, 6.07) is 3.81. The summed E-state index contributed by atoms with van der Waals surface area (Å²) in [4.78, 5) is 14.1. The molecule has 0 aromatic carbocycles.